The standard InChI is InChI=1S/C40H24N2S/c1-2-9-27(10-3-1)42-37-13-7-6-12-30(37)33-20-25(16-19-38(33)42)26-15-17-29-32-22-34-31-18-14-24-8-4-5-11-28(24)40(31)43-39(34)23-36(32)41-35(29)21-26/h1-23,41H. The molecule has 10 rings (SSSR count). The summed E-state index contributed by atoms with van der Waals surface area (Å²) in [7, 11) is 0. The summed E-state index contributed by atoms with van der Waals surface area (Å²) in [6.07, 6.45) is 0. The first-order valence-electron chi connectivity index (χ1n) is 14.7. The Bertz CT molecular complexity index is 2720. The van der Waals surface area contributed by atoms with Crippen LogP contribution in [0.1, 0.15) is 0 Å². The van der Waals surface area contributed by atoms with Gasteiger partial charge in [0.15, 0.2) is 0 Å². The number of aromatic amines is 1. The van der Waals surface area contributed by atoms with E-state index < -0.39 is 0 Å². The molecular formula is C40H24N2S. The predicted octanol–water partition coefficient (Wildman–Crippen LogP) is 11.6. The highest BCUT2D eigenvalue weighted by Crippen LogP contribution is 2.42. The lowest BCUT2D eigenvalue weighted by atomic mass is 10.0. The molecule has 0 amide bonds. The summed E-state index contributed by atoms with van der Waals surface area (Å²) in [5.41, 5.74) is 8.44. The van der Waals surface area contributed by atoms with E-state index in [-0.39, 0.29) is 0 Å². The Morgan fingerprint density at radius 1 is 0.442 bits per heavy atom. The predicted molar refractivity (Wildman–Crippen MR) is 186 cm³/mol. The molecule has 0 fully saturated rings. The normalized spacial score (nSPS) is 12.2. The molecule has 0 radical (unpaired) electrons. The van der Waals surface area contributed by atoms with Gasteiger partial charge in [-0.2, -0.15) is 0 Å². The summed E-state index contributed by atoms with van der Waals surface area (Å²) in [4.78, 5) is 3.76. The van der Waals surface area contributed by atoms with Crippen LogP contribution >= 0.6 is 11.3 Å². The molecule has 200 valence electrons. The van der Waals surface area contributed by atoms with Gasteiger partial charge in [0, 0.05) is 58.4 Å². The van der Waals surface area contributed by atoms with Gasteiger partial charge in [-0.05, 0) is 70.4 Å². The van der Waals surface area contributed by atoms with Gasteiger partial charge in [0.05, 0.1) is 11.0 Å². The SMILES string of the molecule is c1ccc(-n2c3ccccc3c3cc(-c4ccc5c(c4)[nH]c4cc6sc7c8ccccc8ccc7c6cc45)ccc32)cc1. The van der Waals surface area contributed by atoms with Gasteiger partial charge in [-0.15, -0.1) is 11.3 Å². The van der Waals surface area contributed by atoms with Gasteiger partial charge >= 0.3 is 0 Å². The van der Waals surface area contributed by atoms with E-state index in [0.717, 1.165) is 0 Å². The number of nitrogens with zero attached hydrogens (tertiary/aromatic N) is 1. The monoisotopic (exact) mass is 564 g/mol. The second-order valence-corrected chi connectivity index (χ2v) is 12.5. The Labute approximate surface area is 251 Å². The summed E-state index contributed by atoms with van der Waals surface area (Å²) in [5.74, 6) is 0. The number of rotatable bonds is 2. The van der Waals surface area contributed by atoms with Crippen LogP contribution in [0.15, 0.2) is 140 Å². The van der Waals surface area contributed by atoms with Crippen LogP contribution in [0.2, 0.25) is 0 Å². The maximum Gasteiger partial charge on any atom is 0.0541 e. The quantitative estimate of drug-likeness (QED) is 0.216. The van der Waals surface area contributed by atoms with Gasteiger partial charge in [0.25, 0.3) is 0 Å². The maximum absolute atomic E-state index is 3.76. The average Bonchev–Trinajstić information content (AvgIpc) is 3.72. The Morgan fingerprint density at radius 3 is 2.09 bits per heavy atom. The number of nitrogens with one attached hydrogen (secondary N) is 1. The molecule has 3 heterocycles. The van der Waals surface area contributed by atoms with Crippen molar-refractivity contribution in [3.05, 3.63) is 140 Å². The Balaban J connectivity index is 1.14. The molecule has 1 N–H and O–H groups in total. The van der Waals surface area contributed by atoms with Crippen LogP contribution in [0.5, 0.6) is 0 Å². The number of fused-ring (bicyclic) bond motifs is 11. The molecule has 0 unspecified atom stereocenters. The third kappa shape index (κ3) is 3.28. The number of benzene rings is 7. The molecule has 3 heteroatoms. The number of para-hydroxylation sites is 2. The molecule has 10 aromatic rings. The van der Waals surface area contributed by atoms with E-state index in [4.69, 9.17) is 0 Å². The number of hydrogen-bond donors (Lipinski definition) is 1. The third-order valence-corrected chi connectivity index (χ3v) is 10.3. The fourth-order valence-corrected chi connectivity index (χ4v) is 8.35. The second-order valence-electron chi connectivity index (χ2n) is 11.5. The number of H-pyrrole nitrogens is 1. The van der Waals surface area contributed by atoms with Crippen molar-refractivity contribution >= 4 is 85.9 Å². The molecule has 7 aromatic carbocycles. The highest BCUT2D eigenvalue weighted by atomic mass is 32.1. The van der Waals surface area contributed by atoms with Gasteiger partial charge in [-0.1, -0.05) is 91.0 Å². The van der Waals surface area contributed by atoms with E-state index in [0.29, 0.717) is 0 Å². The van der Waals surface area contributed by atoms with Crippen LogP contribution in [-0.4, -0.2) is 9.55 Å². The summed E-state index contributed by atoms with van der Waals surface area (Å²) >= 11 is 1.90. The van der Waals surface area contributed by atoms with Crippen LogP contribution < -0.4 is 0 Å². The molecule has 0 atom stereocenters. The molecule has 0 aliphatic carbocycles. The molecule has 0 spiro atoms. The molecule has 3 aromatic heterocycles. The minimum Gasteiger partial charge on any atom is -0.354 e. The average molecular weight is 565 g/mol. The van der Waals surface area contributed by atoms with Crippen molar-refractivity contribution in [3.8, 4) is 16.8 Å². The topological polar surface area (TPSA) is 20.7 Å². The summed E-state index contributed by atoms with van der Waals surface area (Å²) in [5, 5.41) is 10.4. The second kappa shape index (κ2) is 8.57. The van der Waals surface area contributed by atoms with Crippen molar-refractivity contribution in [3.63, 3.8) is 0 Å². The Morgan fingerprint density at radius 2 is 1.16 bits per heavy atom. The van der Waals surface area contributed by atoms with Gasteiger partial charge < -0.3 is 9.55 Å². The molecule has 2 nitrogen and oxygen atoms in total. The van der Waals surface area contributed by atoms with E-state index in [9.17, 15) is 0 Å². The van der Waals surface area contributed by atoms with E-state index in [2.05, 4.69) is 149 Å². The van der Waals surface area contributed by atoms with Crippen molar-refractivity contribution in [1.29, 1.82) is 0 Å². The van der Waals surface area contributed by atoms with Crippen molar-refractivity contribution < 1.29 is 0 Å². The van der Waals surface area contributed by atoms with Crippen LogP contribution in [0.3, 0.4) is 0 Å². The Hall–Kier alpha value is -5.38. The number of thiophene rings is 1. The summed E-state index contributed by atoms with van der Waals surface area (Å²) in [6.45, 7) is 0. The fourth-order valence-electron chi connectivity index (χ4n) is 7.09. The van der Waals surface area contributed by atoms with Crippen LogP contribution in [0.4, 0.5) is 0 Å². The van der Waals surface area contributed by atoms with Crippen LogP contribution in [0, 0.1) is 0 Å². The minimum absolute atomic E-state index is 1.17. The van der Waals surface area contributed by atoms with Gasteiger partial charge in [0.2, 0.25) is 0 Å². The molecule has 0 aliphatic rings. The van der Waals surface area contributed by atoms with Gasteiger partial charge in [-0.3, -0.25) is 0 Å². The fraction of sp³-hybridized carbons (Fsp3) is 0. The minimum atomic E-state index is 1.17. The third-order valence-electron chi connectivity index (χ3n) is 9.10. The highest BCUT2D eigenvalue weighted by molar-refractivity contribution is 7.26. The molecule has 43 heavy (non-hydrogen) atoms. The molecular weight excluding hydrogens is 541 g/mol. The smallest absolute Gasteiger partial charge is 0.0541 e. The molecule has 0 saturated heterocycles. The van der Waals surface area contributed by atoms with Crippen molar-refractivity contribution in [2.75, 3.05) is 0 Å². The van der Waals surface area contributed by atoms with Gasteiger partial charge in [-0.25, -0.2) is 0 Å². The van der Waals surface area contributed by atoms with E-state index in [1.165, 1.54) is 91.4 Å². The lowest BCUT2D eigenvalue weighted by Crippen LogP contribution is -1.92. The largest absolute Gasteiger partial charge is 0.354 e. The zero-order valence-corrected chi connectivity index (χ0v) is 24.0. The number of aromatic nitrogens is 2. The van der Waals surface area contributed by atoms with Crippen LogP contribution in [-0.2, 0) is 0 Å². The molecule has 0 saturated carbocycles. The van der Waals surface area contributed by atoms with Crippen molar-refractivity contribution in [2.24, 2.45) is 0 Å². The first-order chi connectivity index (χ1) is 21.3. The van der Waals surface area contributed by atoms with Gasteiger partial charge in [0.1, 0.15) is 0 Å². The zero-order chi connectivity index (χ0) is 28.1. The first kappa shape index (κ1) is 23.2. The number of hydrogen-bond acceptors (Lipinski definition) is 1. The highest BCUT2D eigenvalue weighted by Gasteiger charge is 2.15. The lowest BCUT2D eigenvalue weighted by molar-refractivity contribution is 1.18. The zero-order valence-electron chi connectivity index (χ0n) is 23.1. The molecule has 0 bridgehead atoms. The lowest BCUT2D eigenvalue weighted by Gasteiger charge is -2.08. The van der Waals surface area contributed by atoms with E-state index >= 15 is 0 Å². The van der Waals surface area contributed by atoms with E-state index in [1.54, 1.807) is 0 Å². The van der Waals surface area contributed by atoms with E-state index in [1.807, 2.05) is 11.3 Å². The van der Waals surface area contributed by atoms with Crippen molar-refractivity contribution in [1.82, 2.24) is 9.55 Å². The maximum atomic E-state index is 3.76. The summed E-state index contributed by atoms with van der Waals surface area (Å²) < 4.78 is 5.07. The van der Waals surface area contributed by atoms with Crippen LogP contribution in [0.25, 0.3) is 91.4 Å². The first-order valence-corrected chi connectivity index (χ1v) is 15.5. The Kier molecular flexibility index (Phi) is 4.63. The summed E-state index contributed by atoms with van der Waals surface area (Å²) in [6, 6.07) is 51.1. The van der Waals surface area contributed by atoms with Crippen molar-refractivity contribution in [2.45, 2.75) is 0 Å². The molecule has 0 aliphatic heterocycles.